The van der Waals surface area contributed by atoms with Gasteiger partial charge in [0.2, 0.25) is 0 Å². The minimum Gasteiger partial charge on any atom is -0.368 e. The summed E-state index contributed by atoms with van der Waals surface area (Å²) in [4.78, 5) is 0. The van der Waals surface area contributed by atoms with Crippen LogP contribution in [0.1, 0.15) is 28.2 Å². The molecule has 33 heavy (non-hydrogen) atoms. The van der Waals surface area contributed by atoms with E-state index in [1.807, 2.05) is 0 Å². The van der Waals surface area contributed by atoms with Crippen LogP contribution >= 0.6 is 0 Å². The van der Waals surface area contributed by atoms with Crippen molar-refractivity contribution < 1.29 is 0 Å². The lowest BCUT2D eigenvalue weighted by atomic mass is 9.76. The molecule has 0 saturated carbocycles. The normalized spacial score (nSPS) is 13.6. The van der Waals surface area contributed by atoms with Crippen molar-refractivity contribution >= 4 is 5.69 Å². The molecule has 0 atom stereocenters. The molecular weight excluding hydrogens is 398 g/mol. The Balaban J connectivity index is 1.61. The second-order valence-electron chi connectivity index (χ2n) is 8.28. The van der Waals surface area contributed by atoms with E-state index in [1.165, 1.54) is 22.3 Å². The van der Waals surface area contributed by atoms with E-state index < -0.39 is 5.54 Å². The number of benzene rings is 4. The van der Waals surface area contributed by atoms with Gasteiger partial charge in [-0.2, -0.15) is 0 Å². The van der Waals surface area contributed by atoms with Crippen LogP contribution in [-0.4, -0.2) is 0 Å². The van der Waals surface area contributed by atoms with Crippen molar-refractivity contribution in [1.29, 1.82) is 0 Å². The largest absolute Gasteiger partial charge is 0.368 e. The lowest BCUT2D eigenvalue weighted by Crippen LogP contribution is -2.38. The Morgan fingerprint density at radius 2 is 0.879 bits per heavy atom. The average Bonchev–Trinajstić information content (AvgIpc) is 3.19. The third-order valence-electron chi connectivity index (χ3n) is 6.22. The summed E-state index contributed by atoms with van der Waals surface area (Å²) in [6, 6.07) is 40.9. The highest BCUT2D eigenvalue weighted by atomic mass is 15.0. The summed E-state index contributed by atoms with van der Waals surface area (Å²) >= 11 is 0. The third kappa shape index (κ3) is 4.31. The van der Waals surface area contributed by atoms with Crippen molar-refractivity contribution in [2.75, 3.05) is 5.32 Å². The third-order valence-corrected chi connectivity index (χ3v) is 6.22. The molecule has 0 spiro atoms. The van der Waals surface area contributed by atoms with Crippen LogP contribution < -0.4 is 5.32 Å². The number of nitrogens with one attached hydrogen (secondary N) is 1. The van der Waals surface area contributed by atoms with Gasteiger partial charge in [0.1, 0.15) is 5.54 Å². The predicted octanol–water partition coefficient (Wildman–Crippen LogP) is 7.86. The standard InChI is InChI=1S/C32H27N/c1-2-7-15-26(14-6-1)27-22-24-31(25-23-27)33-32(28-16-8-3-9-17-28,29-18-10-4-11-19-29)30-20-12-5-13-21-30/h1-26,33H. The van der Waals surface area contributed by atoms with E-state index in [1.54, 1.807) is 0 Å². The number of rotatable bonds is 6. The van der Waals surface area contributed by atoms with Crippen molar-refractivity contribution in [3.05, 3.63) is 174 Å². The highest BCUT2D eigenvalue weighted by Gasteiger charge is 2.36. The number of hydrogen-bond donors (Lipinski definition) is 1. The van der Waals surface area contributed by atoms with Gasteiger partial charge in [0.05, 0.1) is 0 Å². The molecule has 4 aromatic carbocycles. The quantitative estimate of drug-likeness (QED) is 0.310. The van der Waals surface area contributed by atoms with Crippen LogP contribution in [0.4, 0.5) is 5.69 Å². The molecule has 1 aliphatic rings. The first-order valence-electron chi connectivity index (χ1n) is 11.4. The molecular formula is C32H27N. The highest BCUT2D eigenvalue weighted by Crippen LogP contribution is 2.40. The van der Waals surface area contributed by atoms with Crippen molar-refractivity contribution in [2.45, 2.75) is 11.5 Å². The molecule has 1 aliphatic carbocycles. The van der Waals surface area contributed by atoms with Gasteiger partial charge in [0.25, 0.3) is 0 Å². The van der Waals surface area contributed by atoms with Crippen LogP contribution in [0.3, 0.4) is 0 Å². The van der Waals surface area contributed by atoms with Gasteiger partial charge in [0, 0.05) is 11.6 Å². The Morgan fingerprint density at radius 3 is 1.30 bits per heavy atom. The Bertz CT molecular complexity index is 1140. The molecule has 0 bridgehead atoms. The highest BCUT2D eigenvalue weighted by molar-refractivity contribution is 5.60. The first kappa shape index (κ1) is 20.8. The zero-order chi connectivity index (χ0) is 22.3. The number of anilines is 1. The fourth-order valence-electron chi connectivity index (χ4n) is 4.57. The van der Waals surface area contributed by atoms with Crippen LogP contribution in [0.2, 0.25) is 0 Å². The molecule has 160 valence electrons. The van der Waals surface area contributed by atoms with Gasteiger partial charge in [-0.05, 0) is 34.4 Å². The second kappa shape index (κ2) is 9.58. The molecule has 0 unspecified atom stereocenters. The summed E-state index contributed by atoms with van der Waals surface area (Å²) in [6.45, 7) is 0. The van der Waals surface area contributed by atoms with Crippen LogP contribution in [0.5, 0.6) is 0 Å². The fraction of sp³-hybridized carbons (Fsp3) is 0.0625. The van der Waals surface area contributed by atoms with E-state index in [-0.39, 0.29) is 5.92 Å². The maximum Gasteiger partial charge on any atom is 0.114 e. The van der Waals surface area contributed by atoms with E-state index in [0.29, 0.717) is 0 Å². The molecule has 1 N–H and O–H groups in total. The molecule has 0 aliphatic heterocycles. The minimum absolute atomic E-state index is 0.288. The summed E-state index contributed by atoms with van der Waals surface area (Å²) < 4.78 is 0. The SMILES string of the molecule is C1=CC=CC(c2ccc(NC(c3ccccc3)(c3ccccc3)c3ccccc3)cc2)C=C1. The first-order valence-corrected chi connectivity index (χ1v) is 11.4. The van der Waals surface area contributed by atoms with Gasteiger partial charge in [-0.1, -0.05) is 140 Å². The second-order valence-corrected chi connectivity index (χ2v) is 8.28. The zero-order valence-corrected chi connectivity index (χ0v) is 18.5. The zero-order valence-electron chi connectivity index (χ0n) is 18.5. The maximum atomic E-state index is 3.94. The molecule has 0 amide bonds. The predicted molar refractivity (Wildman–Crippen MR) is 139 cm³/mol. The molecule has 0 radical (unpaired) electrons. The van der Waals surface area contributed by atoms with Gasteiger partial charge in [0.15, 0.2) is 0 Å². The summed E-state index contributed by atoms with van der Waals surface area (Å²) in [7, 11) is 0. The molecule has 0 aromatic heterocycles. The van der Waals surface area contributed by atoms with E-state index in [9.17, 15) is 0 Å². The molecule has 4 aromatic rings. The molecule has 0 fully saturated rings. The average molecular weight is 426 g/mol. The number of hydrogen-bond acceptors (Lipinski definition) is 1. The molecule has 0 saturated heterocycles. The first-order chi connectivity index (χ1) is 16.4. The Morgan fingerprint density at radius 1 is 0.455 bits per heavy atom. The minimum atomic E-state index is -0.517. The van der Waals surface area contributed by atoms with E-state index in [4.69, 9.17) is 0 Å². The number of allylic oxidation sites excluding steroid dienone is 6. The summed E-state index contributed by atoms with van der Waals surface area (Å²) in [5, 5.41) is 3.94. The van der Waals surface area contributed by atoms with Crippen molar-refractivity contribution in [1.82, 2.24) is 0 Å². The molecule has 0 heterocycles. The summed E-state index contributed by atoms with van der Waals surface area (Å²) in [5.74, 6) is 0.288. The topological polar surface area (TPSA) is 12.0 Å². The van der Waals surface area contributed by atoms with Crippen LogP contribution in [0.15, 0.2) is 152 Å². The molecule has 5 rings (SSSR count). The van der Waals surface area contributed by atoms with Crippen molar-refractivity contribution in [2.24, 2.45) is 0 Å². The smallest absolute Gasteiger partial charge is 0.114 e. The fourth-order valence-corrected chi connectivity index (χ4v) is 4.57. The Labute approximate surface area is 196 Å². The van der Waals surface area contributed by atoms with Crippen LogP contribution in [-0.2, 0) is 5.54 Å². The summed E-state index contributed by atoms with van der Waals surface area (Å²) in [5.41, 5.74) is 5.44. The Kier molecular flexibility index (Phi) is 6.04. The van der Waals surface area contributed by atoms with Gasteiger partial charge in [-0.15, -0.1) is 0 Å². The van der Waals surface area contributed by atoms with Crippen molar-refractivity contribution in [3.63, 3.8) is 0 Å². The van der Waals surface area contributed by atoms with Crippen LogP contribution in [0, 0.1) is 0 Å². The monoisotopic (exact) mass is 425 g/mol. The lowest BCUT2D eigenvalue weighted by Gasteiger charge is -2.38. The van der Waals surface area contributed by atoms with Gasteiger partial charge < -0.3 is 5.32 Å². The van der Waals surface area contributed by atoms with Crippen molar-refractivity contribution in [3.8, 4) is 0 Å². The van der Waals surface area contributed by atoms with E-state index in [0.717, 1.165) is 5.69 Å². The van der Waals surface area contributed by atoms with E-state index in [2.05, 4.69) is 157 Å². The van der Waals surface area contributed by atoms with E-state index >= 15 is 0 Å². The molecule has 1 heteroatoms. The van der Waals surface area contributed by atoms with Gasteiger partial charge in [-0.25, -0.2) is 0 Å². The lowest BCUT2D eigenvalue weighted by molar-refractivity contribution is 0.711. The van der Waals surface area contributed by atoms with Gasteiger partial charge >= 0.3 is 0 Å². The maximum absolute atomic E-state index is 3.94. The van der Waals surface area contributed by atoms with Gasteiger partial charge in [-0.3, -0.25) is 0 Å². The Hall–Kier alpha value is -4.10. The molecule has 1 nitrogen and oxygen atoms in total. The van der Waals surface area contributed by atoms with Crippen LogP contribution in [0.25, 0.3) is 0 Å². The summed E-state index contributed by atoms with van der Waals surface area (Å²) in [6.07, 6.45) is 12.8.